The molecule has 1 heterocycles. The lowest BCUT2D eigenvalue weighted by Crippen LogP contribution is -1.69. The SMILES string of the molecule is Fc1ccc2cc(-c3ccccc3)oc2c1. The molecule has 0 amide bonds. The van der Waals surface area contributed by atoms with Crippen molar-refractivity contribution >= 4 is 11.0 Å². The fourth-order valence-electron chi connectivity index (χ4n) is 1.75. The summed E-state index contributed by atoms with van der Waals surface area (Å²) in [7, 11) is 0. The molecule has 0 aliphatic carbocycles. The lowest BCUT2D eigenvalue weighted by molar-refractivity contribution is 0.607. The number of hydrogen-bond donors (Lipinski definition) is 0. The van der Waals surface area contributed by atoms with Gasteiger partial charge in [-0.3, -0.25) is 0 Å². The Labute approximate surface area is 92.1 Å². The number of benzene rings is 2. The highest BCUT2D eigenvalue weighted by molar-refractivity contribution is 5.82. The fourth-order valence-corrected chi connectivity index (χ4v) is 1.75. The molecule has 0 N–H and O–H groups in total. The fraction of sp³-hybridized carbons (Fsp3) is 0. The second-order valence-electron chi connectivity index (χ2n) is 3.66. The molecule has 1 nitrogen and oxygen atoms in total. The minimum Gasteiger partial charge on any atom is -0.456 e. The Morgan fingerprint density at radius 3 is 2.50 bits per heavy atom. The van der Waals surface area contributed by atoms with E-state index in [2.05, 4.69) is 0 Å². The third-order valence-electron chi connectivity index (χ3n) is 2.54. The van der Waals surface area contributed by atoms with Crippen LogP contribution in [0.4, 0.5) is 4.39 Å². The van der Waals surface area contributed by atoms with Crippen LogP contribution in [-0.4, -0.2) is 0 Å². The van der Waals surface area contributed by atoms with Crippen LogP contribution in [0.3, 0.4) is 0 Å². The minimum atomic E-state index is -0.276. The summed E-state index contributed by atoms with van der Waals surface area (Å²) in [5.74, 6) is 0.489. The van der Waals surface area contributed by atoms with Gasteiger partial charge in [-0.2, -0.15) is 0 Å². The van der Waals surface area contributed by atoms with Crippen molar-refractivity contribution in [2.45, 2.75) is 0 Å². The summed E-state index contributed by atoms with van der Waals surface area (Å²) in [5, 5.41) is 0.917. The second kappa shape index (κ2) is 3.49. The molecule has 0 aliphatic rings. The molecule has 0 radical (unpaired) electrons. The zero-order valence-corrected chi connectivity index (χ0v) is 8.48. The lowest BCUT2D eigenvalue weighted by Gasteiger charge is -1.93. The predicted octanol–water partition coefficient (Wildman–Crippen LogP) is 4.24. The first kappa shape index (κ1) is 9.16. The average molecular weight is 212 g/mol. The van der Waals surface area contributed by atoms with Gasteiger partial charge >= 0.3 is 0 Å². The smallest absolute Gasteiger partial charge is 0.137 e. The largest absolute Gasteiger partial charge is 0.456 e. The van der Waals surface area contributed by atoms with Gasteiger partial charge in [0.25, 0.3) is 0 Å². The van der Waals surface area contributed by atoms with E-state index in [-0.39, 0.29) is 5.82 Å². The lowest BCUT2D eigenvalue weighted by atomic mass is 10.1. The maximum atomic E-state index is 13.0. The molecule has 16 heavy (non-hydrogen) atoms. The zero-order chi connectivity index (χ0) is 11.0. The summed E-state index contributed by atoms with van der Waals surface area (Å²) in [5.41, 5.74) is 1.58. The molecule has 0 bridgehead atoms. The molecule has 3 rings (SSSR count). The van der Waals surface area contributed by atoms with Gasteiger partial charge in [-0.1, -0.05) is 30.3 Å². The van der Waals surface area contributed by atoms with E-state index < -0.39 is 0 Å². The quantitative estimate of drug-likeness (QED) is 0.588. The van der Waals surface area contributed by atoms with Crippen LogP contribution in [0.25, 0.3) is 22.3 Å². The molecular weight excluding hydrogens is 203 g/mol. The molecule has 1 aromatic heterocycles. The minimum absolute atomic E-state index is 0.276. The molecule has 0 spiro atoms. The van der Waals surface area contributed by atoms with Crippen LogP contribution in [-0.2, 0) is 0 Å². The predicted molar refractivity (Wildman–Crippen MR) is 61.6 cm³/mol. The van der Waals surface area contributed by atoms with Crippen molar-refractivity contribution in [2.24, 2.45) is 0 Å². The third-order valence-corrected chi connectivity index (χ3v) is 2.54. The molecule has 0 saturated carbocycles. The molecule has 3 aromatic rings. The van der Waals surface area contributed by atoms with Gasteiger partial charge in [0.15, 0.2) is 0 Å². The van der Waals surface area contributed by atoms with Crippen LogP contribution >= 0.6 is 0 Å². The van der Waals surface area contributed by atoms with Gasteiger partial charge < -0.3 is 4.42 Å². The highest BCUT2D eigenvalue weighted by atomic mass is 19.1. The summed E-state index contributed by atoms with van der Waals surface area (Å²) in [6, 6.07) is 16.3. The van der Waals surface area contributed by atoms with Crippen LogP contribution in [0.5, 0.6) is 0 Å². The molecule has 2 aromatic carbocycles. The maximum absolute atomic E-state index is 13.0. The van der Waals surface area contributed by atoms with Crippen molar-refractivity contribution in [2.75, 3.05) is 0 Å². The van der Waals surface area contributed by atoms with Crippen LogP contribution in [0, 0.1) is 5.82 Å². The van der Waals surface area contributed by atoms with Crippen LogP contribution in [0.1, 0.15) is 0 Å². The summed E-state index contributed by atoms with van der Waals surface area (Å²) in [6.07, 6.45) is 0. The monoisotopic (exact) mass is 212 g/mol. The Morgan fingerprint density at radius 2 is 1.69 bits per heavy atom. The van der Waals surface area contributed by atoms with Crippen molar-refractivity contribution in [3.8, 4) is 11.3 Å². The van der Waals surface area contributed by atoms with Gasteiger partial charge in [0, 0.05) is 17.0 Å². The highest BCUT2D eigenvalue weighted by Gasteiger charge is 2.05. The van der Waals surface area contributed by atoms with Crippen LogP contribution in [0.2, 0.25) is 0 Å². The van der Waals surface area contributed by atoms with E-state index in [1.807, 2.05) is 36.4 Å². The second-order valence-corrected chi connectivity index (χ2v) is 3.66. The van der Waals surface area contributed by atoms with E-state index in [1.165, 1.54) is 12.1 Å². The molecule has 0 saturated heterocycles. The first-order chi connectivity index (χ1) is 7.83. The molecule has 2 heteroatoms. The molecule has 0 atom stereocenters. The van der Waals surface area contributed by atoms with Gasteiger partial charge in [-0.25, -0.2) is 4.39 Å². The zero-order valence-electron chi connectivity index (χ0n) is 8.48. The van der Waals surface area contributed by atoms with E-state index in [0.717, 1.165) is 16.7 Å². The molecular formula is C14H9FO. The first-order valence-electron chi connectivity index (χ1n) is 5.07. The van der Waals surface area contributed by atoms with Gasteiger partial charge in [-0.15, -0.1) is 0 Å². The van der Waals surface area contributed by atoms with Gasteiger partial charge in [0.05, 0.1) is 0 Å². The first-order valence-corrected chi connectivity index (χ1v) is 5.07. The van der Waals surface area contributed by atoms with Gasteiger partial charge in [0.1, 0.15) is 17.2 Å². The van der Waals surface area contributed by atoms with E-state index in [0.29, 0.717) is 5.58 Å². The standard InChI is InChI=1S/C14H9FO/c15-12-7-6-11-8-13(16-14(11)9-12)10-4-2-1-3-5-10/h1-9H. The number of rotatable bonds is 1. The number of fused-ring (bicyclic) bond motifs is 1. The molecule has 0 fully saturated rings. The van der Waals surface area contributed by atoms with E-state index in [4.69, 9.17) is 4.42 Å². The normalized spacial score (nSPS) is 10.8. The summed E-state index contributed by atoms with van der Waals surface area (Å²) >= 11 is 0. The van der Waals surface area contributed by atoms with Gasteiger partial charge in [0.2, 0.25) is 0 Å². The Bertz CT molecular complexity index is 626. The summed E-state index contributed by atoms with van der Waals surface area (Å²) in [6.45, 7) is 0. The van der Waals surface area contributed by atoms with E-state index in [1.54, 1.807) is 6.07 Å². The van der Waals surface area contributed by atoms with Crippen molar-refractivity contribution in [1.29, 1.82) is 0 Å². The van der Waals surface area contributed by atoms with Crippen molar-refractivity contribution < 1.29 is 8.81 Å². The van der Waals surface area contributed by atoms with Crippen LogP contribution in [0.15, 0.2) is 59.0 Å². The Morgan fingerprint density at radius 1 is 0.875 bits per heavy atom. The Kier molecular flexibility index (Phi) is 2.00. The van der Waals surface area contributed by atoms with Crippen molar-refractivity contribution in [3.63, 3.8) is 0 Å². The average Bonchev–Trinajstić information content (AvgIpc) is 2.73. The van der Waals surface area contributed by atoms with Crippen LogP contribution < -0.4 is 0 Å². The Hall–Kier alpha value is -2.09. The third kappa shape index (κ3) is 1.48. The molecule has 78 valence electrons. The maximum Gasteiger partial charge on any atom is 0.137 e. The number of furan rings is 1. The van der Waals surface area contributed by atoms with Gasteiger partial charge in [-0.05, 0) is 18.2 Å². The molecule has 0 unspecified atom stereocenters. The molecule has 0 aliphatic heterocycles. The van der Waals surface area contributed by atoms with Crippen molar-refractivity contribution in [3.05, 3.63) is 60.4 Å². The Balaban J connectivity index is 2.19. The summed E-state index contributed by atoms with van der Waals surface area (Å²) < 4.78 is 18.6. The number of halogens is 1. The van der Waals surface area contributed by atoms with E-state index in [9.17, 15) is 4.39 Å². The van der Waals surface area contributed by atoms with Crippen molar-refractivity contribution in [1.82, 2.24) is 0 Å². The highest BCUT2D eigenvalue weighted by Crippen LogP contribution is 2.27. The topological polar surface area (TPSA) is 13.1 Å². The summed E-state index contributed by atoms with van der Waals surface area (Å²) in [4.78, 5) is 0. The van der Waals surface area contributed by atoms with E-state index >= 15 is 0 Å². The number of hydrogen-bond acceptors (Lipinski definition) is 1.